The van der Waals surface area contributed by atoms with Crippen molar-refractivity contribution in [2.24, 2.45) is 5.10 Å². The highest BCUT2D eigenvalue weighted by atomic mass is 15.5. The van der Waals surface area contributed by atoms with Crippen LogP contribution in [0.5, 0.6) is 0 Å². The van der Waals surface area contributed by atoms with E-state index in [0.717, 1.165) is 17.8 Å². The zero-order valence-corrected chi connectivity index (χ0v) is 15.8. The maximum absolute atomic E-state index is 4.93. The fourth-order valence-electron chi connectivity index (χ4n) is 3.37. The zero-order chi connectivity index (χ0) is 18.6. The largest absolute Gasteiger partial charge is 0.257 e. The molecule has 0 saturated carbocycles. The lowest BCUT2D eigenvalue weighted by molar-refractivity contribution is 0.709. The molecule has 1 aliphatic heterocycles. The topological polar surface area (TPSA) is 15.6 Å². The number of aryl methyl sites for hydroxylation is 2. The molecular weight excluding hydrogens is 328 g/mol. The van der Waals surface area contributed by atoms with Gasteiger partial charge in [0.25, 0.3) is 0 Å². The Bertz CT molecular complexity index is 951. The van der Waals surface area contributed by atoms with Crippen LogP contribution in [0.15, 0.2) is 90.0 Å². The van der Waals surface area contributed by atoms with Gasteiger partial charge < -0.3 is 0 Å². The molecule has 134 valence electrons. The first-order valence-corrected chi connectivity index (χ1v) is 9.42. The monoisotopic (exact) mass is 352 g/mol. The molecule has 0 saturated heterocycles. The van der Waals surface area contributed by atoms with E-state index in [0.29, 0.717) is 0 Å². The second kappa shape index (κ2) is 7.63. The Kier molecular flexibility index (Phi) is 4.88. The number of anilines is 1. The highest BCUT2D eigenvalue weighted by Gasteiger charge is 2.27. The summed E-state index contributed by atoms with van der Waals surface area (Å²) in [6, 6.07) is 28.0. The van der Waals surface area contributed by atoms with E-state index in [9.17, 15) is 0 Å². The molecule has 0 bridgehead atoms. The van der Waals surface area contributed by atoms with Gasteiger partial charge >= 0.3 is 0 Å². The molecule has 2 nitrogen and oxygen atoms in total. The van der Waals surface area contributed by atoms with Crippen molar-refractivity contribution in [3.8, 4) is 0 Å². The Hall–Kier alpha value is -3.13. The minimum Gasteiger partial charge on any atom is -0.257 e. The summed E-state index contributed by atoms with van der Waals surface area (Å²) in [7, 11) is 0. The lowest BCUT2D eigenvalue weighted by Gasteiger charge is -2.24. The molecule has 0 fully saturated rings. The predicted octanol–water partition coefficient (Wildman–Crippen LogP) is 6.32. The quantitative estimate of drug-likeness (QED) is 0.536. The van der Waals surface area contributed by atoms with E-state index in [4.69, 9.17) is 5.10 Å². The summed E-state index contributed by atoms with van der Waals surface area (Å²) in [6.07, 6.45) is 5.20. The minimum atomic E-state index is 0.227. The van der Waals surface area contributed by atoms with Gasteiger partial charge in [0.15, 0.2) is 0 Å². The molecule has 27 heavy (non-hydrogen) atoms. The molecular formula is C25H24N2. The maximum Gasteiger partial charge on any atom is 0.0831 e. The summed E-state index contributed by atoms with van der Waals surface area (Å²) in [5, 5.41) is 7.09. The van der Waals surface area contributed by atoms with Gasteiger partial charge in [-0.3, -0.25) is 5.01 Å². The molecule has 2 heteroatoms. The van der Waals surface area contributed by atoms with E-state index in [1.807, 2.05) is 6.07 Å². The van der Waals surface area contributed by atoms with Gasteiger partial charge in [-0.05, 0) is 43.2 Å². The van der Waals surface area contributed by atoms with Crippen molar-refractivity contribution < 1.29 is 0 Å². The van der Waals surface area contributed by atoms with Crippen LogP contribution in [0.2, 0.25) is 0 Å². The first-order valence-electron chi connectivity index (χ1n) is 9.42. The van der Waals surface area contributed by atoms with Gasteiger partial charge in [-0.15, -0.1) is 0 Å². The van der Waals surface area contributed by atoms with Crippen LogP contribution in [-0.4, -0.2) is 5.71 Å². The van der Waals surface area contributed by atoms with E-state index in [2.05, 4.69) is 104 Å². The lowest BCUT2D eigenvalue weighted by Crippen LogP contribution is -2.18. The van der Waals surface area contributed by atoms with Gasteiger partial charge in [0.2, 0.25) is 0 Å². The van der Waals surface area contributed by atoms with Crippen LogP contribution in [-0.2, 0) is 0 Å². The number of hydrogen-bond acceptors (Lipinski definition) is 2. The zero-order valence-electron chi connectivity index (χ0n) is 15.8. The summed E-state index contributed by atoms with van der Waals surface area (Å²) >= 11 is 0. The van der Waals surface area contributed by atoms with E-state index in [-0.39, 0.29) is 6.04 Å². The third kappa shape index (κ3) is 4.01. The van der Waals surface area contributed by atoms with E-state index in [1.165, 1.54) is 22.3 Å². The van der Waals surface area contributed by atoms with E-state index >= 15 is 0 Å². The molecule has 0 N–H and O–H groups in total. The van der Waals surface area contributed by atoms with Crippen molar-refractivity contribution in [1.29, 1.82) is 0 Å². The summed E-state index contributed by atoms with van der Waals surface area (Å²) in [6.45, 7) is 4.23. The van der Waals surface area contributed by atoms with Crippen molar-refractivity contribution in [2.45, 2.75) is 26.3 Å². The molecule has 0 aromatic heterocycles. The third-order valence-electron chi connectivity index (χ3n) is 4.96. The molecule has 1 heterocycles. The first-order chi connectivity index (χ1) is 13.2. The summed E-state index contributed by atoms with van der Waals surface area (Å²) < 4.78 is 0. The summed E-state index contributed by atoms with van der Waals surface area (Å²) in [5.74, 6) is 0. The predicted molar refractivity (Wildman–Crippen MR) is 115 cm³/mol. The van der Waals surface area contributed by atoms with Gasteiger partial charge in [-0.25, -0.2) is 0 Å². The second-order valence-corrected chi connectivity index (χ2v) is 7.15. The van der Waals surface area contributed by atoms with Gasteiger partial charge in [0, 0.05) is 6.42 Å². The number of nitrogens with zero attached hydrogens (tertiary/aromatic N) is 2. The Morgan fingerprint density at radius 1 is 0.778 bits per heavy atom. The first kappa shape index (κ1) is 17.3. The van der Waals surface area contributed by atoms with Crippen LogP contribution in [0.3, 0.4) is 0 Å². The van der Waals surface area contributed by atoms with Gasteiger partial charge in [-0.1, -0.05) is 83.9 Å². The van der Waals surface area contributed by atoms with Gasteiger partial charge in [-0.2, -0.15) is 5.10 Å². The van der Waals surface area contributed by atoms with E-state index in [1.54, 1.807) is 0 Å². The molecule has 0 aliphatic carbocycles. The van der Waals surface area contributed by atoms with Gasteiger partial charge in [0.1, 0.15) is 0 Å². The fourth-order valence-corrected chi connectivity index (χ4v) is 3.37. The molecule has 4 rings (SSSR count). The normalized spacial score (nSPS) is 16.7. The molecule has 0 radical (unpaired) electrons. The second-order valence-electron chi connectivity index (χ2n) is 7.15. The van der Waals surface area contributed by atoms with Crippen molar-refractivity contribution in [2.75, 3.05) is 5.01 Å². The minimum absolute atomic E-state index is 0.227. The Labute approximate surface area is 161 Å². The molecule has 1 aliphatic rings. The van der Waals surface area contributed by atoms with Crippen LogP contribution in [0.25, 0.3) is 6.08 Å². The summed E-state index contributed by atoms with van der Waals surface area (Å²) in [4.78, 5) is 0. The van der Waals surface area contributed by atoms with Crippen LogP contribution in [0.4, 0.5) is 5.69 Å². The average molecular weight is 352 g/mol. The van der Waals surface area contributed by atoms with Crippen molar-refractivity contribution in [3.05, 3.63) is 107 Å². The maximum atomic E-state index is 4.93. The Balaban J connectivity index is 1.63. The average Bonchev–Trinajstić information content (AvgIpc) is 3.13. The van der Waals surface area contributed by atoms with Crippen LogP contribution >= 0.6 is 0 Å². The highest BCUT2D eigenvalue weighted by Crippen LogP contribution is 2.35. The third-order valence-corrected chi connectivity index (χ3v) is 4.96. The number of hydrazone groups is 1. The molecule has 3 aromatic carbocycles. The summed E-state index contributed by atoms with van der Waals surface area (Å²) in [5.41, 5.74) is 7.29. The Morgan fingerprint density at radius 3 is 2.07 bits per heavy atom. The molecule has 1 unspecified atom stereocenters. The van der Waals surface area contributed by atoms with Gasteiger partial charge in [0.05, 0.1) is 17.4 Å². The molecule has 0 spiro atoms. The number of benzene rings is 3. The molecule has 1 atom stereocenters. The van der Waals surface area contributed by atoms with Crippen molar-refractivity contribution in [3.63, 3.8) is 0 Å². The number of hydrogen-bond donors (Lipinski definition) is 0. The van der Waals surface area contributed by atoms with Crippen LogP contribution in [0, 0.1) is 13.8 Å². The number of para-hydroxylation sites is 1. The van der Waals surface area contributed by atoms with Crippen LogP contribution < -0.4 is 5.01 Å². The highest BCUT2D eigenvalue weighted by molar-refractivity contribution is 6.01. The van der Waals surface area contributed by atoms with Crippen LogP contribution in [0.1, 0.15) is 34.7 Å². The standard InChI is InChI=1S/C25H24N2/c1-19-8-12-21(13-9-19)14-17-23-18-25(22-15-10-20(2)11-16-22)27(26-23)24-6-4-3-5-7-24/h3-17,25H,18H2,1-2H3/b17-14+. The lowest BCUT2D eigenvalue weighted by atomic mass is 10.00. The Morgan fingerprint density at radius 2 is 1.41 bits per heavy atom. The van der Waals surface area contributed by atoms with Crippen molar-refractivity contribution in [1.82, 2.24) is 0 Å². The molecule has 3 aromatic rings. The SMILES string of the molecule is Cc1ccc(/C=C/C2=NN(c3ccccc3)C(c3ccc(C)cc3)C2)cc1. The smallest absolute Gasteiger partial charge is 0.0831 e. The fraction of sp³-hybridized carbons (Fsp3) is 0.160. The van der Waals surface area contributed by atoms with E-state index < -0.39 is 0 Å². The molecule has 0 amide bonds. The van der Waals surface area contributed by atoms with Crippen molar-refractivity contribution >= 4 is 17.5 Å². The number of rotatable bonds is 4. The number of allylic oxidation sites excluding steroid dienone is 1.